The highest BCUT2D eigenvalue weighted by Crippen LogP contribution is 2.18. The van der Waals surface area contributed by atoms with E-state index in [-0.39, 0.29) is 12.6 Å². The summed E-state index contributed by atoms with van der Waals surface area (Å²) < 4.78 is 0. The molecule has 1 aliphatic heterocycles. The molecule has 5 nitrogen and oxygen atoms in total. The van der Waals surface area contributed by atoms with Crippen LogP contribution >= 0.6 is 0 Å². The number of nitrogens with two attached hydrogens (primary N) is 1. The zero-order chi connectivity index (χ0) is 8.97. The molecule has 0 aromatic carbocycles. The van der Waals surface area contributed by atoms with Crippen molar-refractivity contribution in [3.8, 4) is 0 Å². The van der Waals surface area contributed by atoms with Crippen molar-refractivity contribution in [1.29, 1.82) is 0 Å². The van der Waals surface area contributed by atoms with Gasteiger partial charge in [0.25, 0.3) is 0 Å². The van der Waals surface area contributed by atoms with Gasteiger partial charge in [-0.15, -0.1) is 0 Å². The molecule has 1 fully saturated rings. The standard InChI is InChI=1S/C7H15N3O2/c8-9-7(12)10-3-1-6(5-10)2-4-11/h6,11H,1-5,8H2,(H,9,12). The van der Waals surface area contributed by atoms with E-state index < -0.39 is 0 Å². The van der Waals surface area contributed by atoms with Crippen molar-refractivity contribution in [2.75, 3.05) is 19.7 Å². The number of aliphatic hydroxyl groups is 1. The largest absolute Gasteiger partial charge is 0.396 e. The number of likely N-dealkylation sites (tertiary alicyclic amines) is 1. The van der Waals surface area contributed by atoms with Crippen LogP contribution in [0.2, 0.25) is 0 Å². The minimum Gasteiger partial charge on any atom is -0.396 e. The van der Waals surface area contributed by atoms with Crippen LogP contribution < -0.4 is 11.3 Å². The van der Waals surface area contributed by atoms with Crippen molar-refractivity contribution in [3.05, 3.63) is 0 Å². The molecule has 0 aromatic rings. The van der Waals surface area contributed by atoms with Gasteiger partial charge in [-0.2, -0.15) is 0 Å². The second-order valence-corrected chi connectivity index (χ2v) is 3.06. The molecule has 0 saturated carbocycles. The number of hydrazine groups is 1. The summed E-state index contributed by atoms with van der Waals surface area (Å²) in [5.41, 5.74) is 2.09. The lowest BCUT2D eigenvalue weighted by Crippen LogP contribution is -2.42. The van der Waals surface area contributed by atoms with Gasteiger partial charge in [-0.3, -0.25) is 5.43 Å². The Balaban J connectivity index is 2.30. The van der Waals surface area contributed by atoms with E-state index in [1.807, 2.05) is 0 Å². The zero-order valence-electron chi connectivity index (χ0n) is 6.99. The number of carbonyl (C=O) groups excluding carboxylic acids is 1. The number of nitrogens with zero attached hydrogens (tertiary/aromatic N) is 1. The Morgan fingerprint density at radius 3 is 3.08 bits per heavy atom. The summed E-state index contributed by atoms with van der Waals surface area (Å²) in [6.45, 7) is 1.65. The third-order valence-corrected chi connectivity index (χ3v) is 2.23. The van der Waals surface area contributed by atoms with Gasteiger partial charge in [-0.1, -0.05) is 0 Å². The van der Waals surface area contributed by atoms with Crippen molar-refractivity contribution in [2.24, 2.45) is 11.8 Å². The highest BCUT2D eigenvalue weighted by Gasteiger charge is 2.24. The van der Waals surface area contributed by atoms with Crippen molar-refractivity contribution in [2.45, 2.75) is 12.8 Å². The maximum absolute atomic E-state index is 11.0. The summed E-state index contributed by atoms with van der Waals surface area (Å²) in [7, 11) is 0. The molecule has 1 rings (SSSR count). The summed E-state index contributed by atoms with van der Waals surface area (Å²) in [4.78, 5) is 12.7. The number of aliphatic hydroxyl groups excluding tert-OH is 1. The van der Waals surface area contributed by atoms with Crippen LogP contribution in [0.1, 0.15) is 12.8 Å². The molecule has 0 aliphatic carbocycles. The molecule has 2 amide bonds. The first-order valence-electron chi connectivity index (χ1n) is 4.14. The molecule has 5 heteroatoms. The topological polar surface area (TPSA) is 78.6 Å². The molecule has 1 atom stereocenters. The minimum absolute atomic E-state index is 0.197. The van der Waals surface area contributed by atoms with Crippen LogP contribution in [-0.4, -0.2) is 35.7 Å². The Labute approximate surface area is 71.5 Å². The fourth-order valence-electron chi connectivity index (χ4n) is 1.53. The SMILES string of the molecule is NNC(=O)N1CCC(CCO)C1. The van der Waals surface area contributed by atoms with Gasteiger partial charge in [0.05, 0.1) is 0 Å². The Hall–Kier alpha value is -0.810. The predicted octanol–water partition coefficient (Wildman–Crippen LogP) is -0.726. The van der Waals surface area contributed by atoms with Crippen LogP contribution in [0.15, 0.2) is 0 Å². The lowest BCUT2D eigenvalue weighted by Gasteiger charge is -2.14. The minimum atomic E-state index is -0.226. The molecule has 70 valence electrons. The van der Waals surface area contributed by atoms with Gasteiger partial charge in [-0.05, 0) is 18.8 Å². The highest BCUT2D eigenvalue weighted by atomic mass is 16.3. The van der Waals surface area contributed by atoms with Gasteiger partial charge in [0, 0.05) is 19.7 Å². The number of nitrogens with one attached hydrogen (secondary N) is 1. The van der Waals surface area contributed by atoms with E-state index in [9.17, 15) is 4.79 Å². The Kier molecular flexibility index (Phi) is 3.31. The number of hydrogen-bond donors (Lipinski definition) is 3. The zero-order valence-corrected chi connectivity index (χ0v) is 6.99. The van der Waals surface area contributed by atoms with E-state index in [2.05, 4.69) is 5.43 Å². The van der Waals surface area contributed by atoms with E-state index in [1.54, 1.807) is 4.90 Å². The van der Waals surface area contributed by atoms with E-state index >= 15 is 0 Å². The smallest absolute Gasteiger partial charge is 0.331 e. The van der Waals surface area contributed by atoms with Crippen molar-refractivity contribution >= 4 is 6.03 Å². The maximum atomic E-state index is 11.0. The molecule has 0 aromatic heterocycles. The van der Waals surface area contributed by atoms with Gasteiger partial charge in [0.2, 0.25) is 0 Å². The number of rotatable bonds is 2. The summed E-state index contributed by atoms with van der Waals surface area (Å²) >= 11 is 0. The second-order valence-electron chi connectivity index (χ2n) is 3.06. The summed E-state index contributed by atoms with van der Waals surface area (Å²) in [6.07, 6.45) is 1.74. The van der Waals surface area contributed by atoms with E-state index in [4.69, 9.17) is 10.9 Å². The van der Waals surface area contributed by atoms with Gasteiger partial charge in [0.15, 0.2) is 0 Å². The average Bonchev–Trinajstić information content (AvgIpc) is 2.52. The quantitative estimate of drug-likeness (QED) is 0.293. The van der Waals surface area contributed by atoms with Gasteiger partial charge >= 0.3 is 6.03 Å². The van der Waals surface area contributed by atoms with Crippen LogP contribution in [0.25, 0.3) is 0 Å². The van der Waals surface area contributed by atoms with Crippen LogP contribution in [0, 0.1) is 5.92 Å². The molecule has 1 saturated heterocycles. The van der Waals surface area contributed by atoms with Crippen molar-refractivity contribution in [1.82, 2.24) is 10.3 Å². The third-order valence-electron chi connectivity index (χ3n) is 2.23. The summed E-state index contributed by atoms with van der Waals surface area (Å²) in [6, 6.07) is -0.226. The molecule has 1 heterocycles. The van der Waals surface area contributed by atoms with Crippen LogP contribution in [-0.2, 0) is 0 Å². The number of hydrogen-bond acceptors (Lipinski definition) is 3. The fourth-order valence-corrected chi connectivity index (χ4v) is 1.53. The normalized spacial score (nSPS) is 22.8. The number of amides is 2. The highest BCUT2D eigenvalue weighted by molar-refractivity contribution is 5.73. The monoisotopic (exact) mass is 173 g/mol. The Bertz CT molecular complexity index is 163. The molecule has 0 spiro atoms. The average molecular weight is 173 g/mol. The van der Waals surface area contributed by atoms with Gasteiger partial charge in [0.1, 0.15) is 0 Å². The summed E-state index contributed by atoms with van der Waals surface area (Å²) in [5.74, 6) is 5.42. The lowest BCUT2D eigenvalue weighted by molar-refractivity contribution is 0.204. The molecular formula is C7H15N3O2. The molecule has 4 N–H and O–H groups in total. The molecule has 12 heavy (non-hydrogen) atoms. The predicted molar refractivity (Wildman–Crippen MR) is 44.1 cm³/mol. The number of carbonyl (C=O) groups is 1. The van der Waals surface area contributed by atoms with Crippen LogP contribution in [0.4, 0.5) is 4.79 Å². The van der Waals surface area contributed by atoms with E-state index in [1.165, 1.54) is 0 Å². The lowest BCUT2D eigenvalue weighted by atomic mass is 10.1. The van der Waals surface area contributed by atoms with Crippen LogP contribution in [0.5, 0.6) is 0 Å². The van der Waals surface area contributed by atoms with Gasteiger partial charge < -0.3 is 10.0 Å². The second kappa shape index (κ2) is 4.27. The fraction of sp³-hybridized carbons (Fsp3) is 0.857. The van der Waals surface area contributed by atoms with Gasteiger partial charge in [-0.25, -0.2) is 10.6 Å². The molecule has 0 bridgehead atoms. The van der Waals surface area contributed by atoms with E-state index in [0.717, 1.165) is 19.4 Å². The molecular weight excluding hydrogens is 158 g/mol. The summed E-state index contributed by atoms with van der Waals surface area (Å²) in [5, 5.41) is 8.66. The third kappa shape index (κ3) is 2.09. The first-order valence-corrected chi connectivity index (χ1v) is 4.14. The number of urea groups is 1. The Morgan fingerprint density at radius 2 is 2.50 bits per heavy atom. The molecule has 1 unspecified atom stereocenters. The molecule has 1 aliphatic rings. The molecule has 0 radical (unpaired) electrons. The van der Waals surface area contributed by atoms with Crippen LogP contribution in [0.3, 0.4) is 0 Å². The van der Waals surface area contributed by atoms with Crippen molar-refractivity contribution in [3.63, 3.8) is 0 Å². The van der Waals surface area contributed by atoms with E-state index in [0.29, 0.717) is 12.5 Å². The van der Waals surface area contributed by atoms with Crippen molar-refractivity contribution < 1.29 is 9.90 Å². The Morgan fingerprint density at radius 1 is 1.75 bits per heavy atom. The maximum Gasteiger partial charge on any atom is 0.331 e. The first-order chi connectivity index (χ1) is 5.77. The first kappa shape index (κ1) is 9.28.